The van der Waals surface area contributed by atoms with Crippen molar-refractivity contribution >= 4 is 17.5 Å². The van der Waals surface area contributed by atoms with Gasteiger partial charge in [-0.25, -0.2) is 0 Å². The Balaban J connectivity index is 1.88. The predicted molar refractivity (Wildman–Crippen MR) is 81.2 cm³/mol. The number of nitrogens with one attached hydrogen (secondary N) is 2. The molecule has 0 unspecified atom stereocenters. The number of aromatic amines is 1. The normalized spacial score (nSPS) is 19.4. The van der Waals surface area contributed by atoms with Gasteiger partial charge in [-0.1, -0.05) is 17.7 Å². The van der Waals surface area contributed by atoms with Crippen molar-refractivity contribution in [1.29, 1.82) is 0 Å². The molecule has 0 spiro atoms. The number of hydrogen-bond acceptors (Lipinski definition) is 4. The van der Waals surface area contributed by atoms with Crippen molar-refractivity contribution in [1.82, 2.24) is 20.5 Å². The van der Waals surface area contributed by atoms with Crippen LogP contribution in [-0.2, 0) is 0 Å². The maximum Gasteiger partial charge on any atom is 0.245 e. The molecule has 0 radical (unpaired) electrons. The summed E-state index contributed by atoms with van der Waals surface area (Å²) in [5, 5.41) is 11.5. The molecule has 1 aliphatic heterocycles. The highest BCUT2D eigenvalue weighted by molar-refractivity contribution is 6.30. The Morgan fingerprint density at radius 2 is 2.25 bits per heavy atom. The molecule has 0 amide bonds. The lowest BCUT2D eigenvalue weighted by atomic mass is 10.1. The third-order valence-corrected chi connectivity index (χ3v) is 3.82. The minimum absolute atomic E-state index is 0.457. The van der Waals surface area contributed by atoms with Crippen LogP contribution >= 0.6 is 11.6 Å². The maximum atomic E-state index is 6.06. The van der Waals surface area contributed by atoms with Gasteiger partial charge in [-0.05, 0) is 31.5 Å². The summed E-state index contributed by atoms with van der Waals surface area (Å²) in [4.78, 5) is 6.81. The third kappa shape index (κ3) is 2.64. The summed E-state index contributed by atoms with van der Waals surface area (Å²) in [6, 6.07) is 6.25. The van der Waals surface area contributed by atoms with Crippen LogP contribution in [0.5, 0.6) is 0 Å². The van der Waals surface area contributed by atoms with Gasteiger partial charge >= 0.3 is 0 Å². The number of anilines is 1. The van der Waals surface area contributed by atoms with Crippen LogP contribution in [0.2, 0.25) is 5.02 Å². The molecular formula is C14H18ClN5. The lowest BCUT2D eigenvalue weighted by Crippen LogP contribution is -2.49. The fraction of sp³-hybridized carbons (Fsp3) is 0.429. The van der Waals surface area contributed by atoms with E-state index in [1.807, 2.05) is 25.1 Å². The quantitative estimate of drug-likeness (QED) is 0.891. The predicted octanol–water partition coefficient (Wildman–Crippen LogP) is 2.23. The monoisotopic (exact) mass is 291 g/mol. The van der Waals surface area contributed by atoms with Gasteiger partial charge < -0.3 is 10.2 Å². The van der Waals surface area contributed by atoms with E-state index in [4.69, 9.17) is 11.6 Å². The highest BCUT2D eigenvalue weighted by Crippen LogP contribution is 2.25. The third-order valence-electron chi connectivity index (χ3n) is 3.58. The topological polar surface area (TPSA) is 56.8 Å². The average molecular weight is 292 g/mol. The lowest BCUT2D eigenvalue weighted by Gasteiger charge is -2.30. The van der Waals surface area contributed by atoms with Crippen molar-refractivity contribution in [3.05, 3.63) is 28.8 Å². The van der Waals surface area contributed by atoms with E-state index < -0.39 is 0 Å². The average Bonchev–Trinajstić information content (AvgIpc) is 2.91. The summed E-state index contributed by atoms with van der Waals surface area (Å²) in [6.07, 6.45) is 0. The van der Waals surface area contributed by atoms with Gasteiger partial charge in [0.25, 0.3) is 0 Å². The minimum atomic E-state index is 0.457. The van der Waals surface area contributed by atoms with Gasteiger partial charge in [0.05, 0.1) is 0 Å². The summed E-state index contributed by atoms with van der Waals surface area (Å²) in [7, 11) is 0. The molecule has 1 atom stereocenters. The van der Waals surface area contributed by atoms with Crippen LogP contribution in [0.15, 0.2) is 18.2 Å². The van der Waals surface area contributed by atoms with E-state index in [0.29, 0.717) is 11.1 Å². The van der Waals surface area contributed by atoms with Gasteiger partial charge in [-0.3, -0.25) is 5.10 Å². The van der Waals surface area contributed by atoms with Crippen molar-refractivity contribution in [2.75, 3.05) is 24.5 Å². The van der Waals surface area contributed by atoms with Crippen LogP contribution < -0.4 is 10.2 Å². The number of nitrogens with zero attached hydrogens (tertiary/aromatic N) is 3. The summed E-state index contributed by atoms with van der Waals surface area (Å²) in [6.45, 7) is 7.02. The van der Waals surface area contributed by atoms with Crippen molar-refractivity contribution in [3.8, 4) is 11.4 Å². The smallest absolute Gasteiger partial charge is 0.245 e. The van der Waals surface area contributed by atoms with Crippen LogP contribution in [0, 0.1) is 6.92 Å². The molecule has 2 heterocycles. The van der Waals surface area contributed by atoms with E-state index in [-0.39, 0.29) is 0 Å². The first-order chi connectivity index (χ1) is 9.63. The summed E-state index contributed by atoms with van der Waals surface area (Å²) >= 11 is 6.06. The highest BCUT2D eigenvalue weighted by Gasteiger charge is 2.19. The molecule has 3 rings (SSSR count). The fourth-order valence-corrected chi connectivity index (χ4v) is 2.65. The van der Waals surface area contributed by atoms with E-state index in [1.165, 1.54) is 0 Å². The SMILES string of the molecule is Cc1ccc(Cl)cc1-c1nc(N2CCN[C@@H](C)C2)n[nH]1. The van der Waals surface area contributed by atoms with Crippen molar-refractivity contribution in [2.24, 2.45) is 0 Å². The van der Waals surface area contributed by atoms with Crippen LogP contribution in [0.3, 0.4) is 0 Å². The van der Waals surface area contributed by atoms with Gasteiger partial charge in [0.15, 0.2) is 5.82 Å². The standard InChI is InChI=1S/C14H18ClN5/c1-9-3-4-11(15)7-12(9)13-17-14(19-18-13)20-6-5-16-10(2)8-20/h3-4,7,10,16H,5-6,8H2,1-2H3,(H,17,18,19)/t10-/m0/s1. The highest BCUT2D eigenvalue weighted by atomic mass is 35.5. The van der Waals surface area contributed by atoms with Gasteiger partial charge in [0.2, 0.25) is 5.95 Å². The van der Waals surface area contributed by atoms with Crippen LogP contribution in [0.1, 0.15) is 12.5 Å². The molecule has 5 nitrogen and oxygen atoms in total. The Morgan fingerprint density at radius 1 is 1.40 bits per heavy atom. The van der Waals surface area contributed by atoms with Crippen LogP contribution in [0.4, 0.5) is 5.95 Å². The number of aromatic nitrogens is 3. The number of benzene rings is 1. The van der Waals surface area contributed by atoms with Crippen molar-refractivity contribution in [2.45, 2.75) is 19.9 Å². The zero-order chi connectivity index (χ0) is 14.1. The molecule has 0 bridgehead atoms. The summed E-state index contributed by atoms with van der Waals surface area (Å²) in [5.74, 6) is 1.53. The first-order valence-electron chi connectivity index (χ1n) is 6.81. The van der Waals surface area contributed by atoms with Crippen molar-refractivity contribution in [3.63, 3.8) is 0 Å². The molecule has 1 aromatic heterocycles. The number of piperazine rings is 1. The van der Waals surface area contributed by atoms with Gasteiger partial charge in [0, 0.05) is 36.3 Å². The number of hydrogen-bond donors (Lipinski definition) is 2. The molecule has 6 heteroatoms. The van der Waals surface area contributed by atoms with Gasteiger partial charge in [0.1, 0.15) is 0 Å². The zero-order valence-corrected chi connectivity index (χ0v) is 12.4. The molecule has 1 aromatic carbocycles. The largest absolute Gasteiger partial charge is 0.337 e. The molecule has 2 N–H and O–H groups in total. The first-order valence-corrected chi connectivity index (χ1v) is 7.18. The molecule has 1 fully saturated rings. The van der Waals surface area contributed by atoms with E-state index in [0.717, 1.165) is 42.5 Å². The molecule has 1 saturated heterocycles. The van der Waals surface area contributed by atoms with Crippen LogP contribution in [-0.4, -0.2) is 40.9 Å². The Morgan fingerprint density at radius 3 is 3.05 bits per heavy atom. The van der Waals surface area contributed by atoms with E-state index >= 15 is 0 Å². The van der Waals surface area contributed by atoms with E-state index in [9.17, 15) is 0 Å². The second-order valence-electron chi connectivity index (χ2n) is 5.24. The second-order valence-corrected chi connectivity index (χ2v) is 5.68. The Bertz CT molecular complexity index is 609. The number of aryl methyl sites for hydroxylation is 1. The molecule has 1 aliphatic rings. The van der Waals surface area contributed by atoms with E-state index in [1.54, 1.807) is 0 Å². The van der Waals surface area contributed by atoms with Gasteiger partial charge in [-0.15, -0.1) is 5.10 Å². The van der Waals surface area contributed by atoms with Crippen molar-refractivity contribution < 1.29 is 0 Å². The lowest BCUT2D eigenvalue weighted by molar-refractivity contribution is 0.480. The Kier molecular flexibility index (Phi) is 3.63. The van der Waals surface area contributed by atoms with Crippen LogP contribution in [0.25, 0.3) is 11.4 Å². The second kappa shape index (κ2) is 5.42. The van der Waals surface area contributed by atoms with E-state index in [2.05, 4.69) is 32.3 Å². The molecule has 20 heavy (non-hydrogen) atoms. The Hall–Kier alpha value is -1.59. The Labute approximate surface area is 123 Å². The summed E-state index contributed by atoms with van der Waals surface area (Å²) < 4.78 is 0. The fourth-order valence-electron chi connectivity index (χ4n) is 2.48. The molecule has 2 aromatic rings. The molecular weight excluding hydrogens is 274 g/mol. The maximum absolute atomic E-state index is 6.06. The molecule has 106 valence electrons. The zero-order valence-electron chi connectivity index (χ0n) is 11.7. The minimum Gasteiger partial charge on any atom is -0.337 e. The van der Waals surface area contributed by atoms with Gasteiger partial charge in [-0.2, -0.15) is 4.98 Å². The number of rotatable bonds is 2. The first kappa shape index (κ1) is 13.4. The molecule has 0 saturated carbocycles. The molecule has 0 aliphatic carbocycles. The number of halogens is 1. The number of H-pyrrole nitrogens is 1. The summed E-state index contributed by atoms with van der Waals surface area (Å²) in [5.41, 5.74) is 2.13.